The molecule has 3 rings (SSSR count). The van der Waals surface area contributed by atoms with E-state index in [1.54, 1.807) is 11.8 Å². The molecule has 0 unspecified atom stereocenters. The molecule has 0 spiro atoms. The molecule has 2 aromatic carbocycles. The molecule has 4 nitrogen and oxygen atoms in total. The van der Waals surface area contributed by atoms with E-state index < -0.39 is 10.0 Å². The third-order valence-corrected chi connectivity index (χ3v) is 5.49. The van der Waals surface area contributed by atoms with Gasteiger partial charge in [0, 0.05) is 33.9 Å². The minimum Gasteiger partial charge on any atom is -0.349 e. The number of sulfonamides is 1. The van der Waals surface area contributed by atoms with Crippen molar-refractivity contribution >= 4 is 32.7 Å². The van der Waals surface area contributed by atoms with Gasteiger partial charge in [-0.3, -0.25) is 0 Å². The van der Waals surface area contributed by atoms with Crippen LogP contribution in [0.15, 0.2) is 64.5 Å². The van der Waals surface area contributed by atoms with Crippen LogP contribution in [0.2, 0.25) is 0 Å². The largest absolute Gasteiger partial charge is 0.349 e. The van der Waals surface area contributed by atoms with Crippen LogP contribution in [-0.2, 0) is 23.5 Å². The Morgan fingerprint density at radius 3 is 2.57 bits per heavy atom. The Kier molecular flexibility index (Phi) is 4.48. The Balaban J connectivity index is 1.95. The van der Waals surface area contributed by atoms with E-state index in [1.165, 1.54) is 4.90 Å². The average molecular weight is 346 g/mol. The maximum Gasteiger partial charge on any atom is 0.209 e. The Morgan fingerprint density at radius 1 is 1.13 bits per heavy atom. The zero-order chi connectivity index (χ0) is 16.4. The second-order valence-corrected chi connectivity index (χ2v) is 8.34. The van der Waals surface area contributed by atoms with Gasteiger partial charge in [-0.1, -0.05) is 36.0 Å². The van der Waals surface area contributed by atoms with Crippen molar-refractivity contribution in [1.82, 2.24) is 4.57 Å². The van der Waals surface area contributed by atoms with E-state index in [4.69, 9.17) is 5.14 Å². The molecule has 0 bridgehead atoms. The number of nitrogens with two attached hydrogens (primary N) is 1. The molecule has 6 heteroatoms. The topological polar surface area (TPSA) is 65.1 Å². The quantitative estimate of drug-likeness (QED) is 0.772. The Morgan fingerprint density at radius 2 is 1.87 bits per heavy atom. The van der Waals surface area contributed by atoms with Gasteiger partial charge in [0.2, 0.25) is 10.0 Å². The summed E-state index contributed by atoms with van der Waals surface area (Å²) < 4.78 is 24.4. The Bertz CT molecular complexity index is 932. The van der Waals surface area contributed by atoms with Crippen LogP contribution in [0.5, 0.6) is 0 Å². The van der Waals surface area contributed by atoms with Crippen LogP contribution in [-0.4, -0.2) is 18.7 Å². The lowest BCUT2D eigenvalue weighted by molar-refractivity contribution is 0.597. The minimum atomic E-state index is -3.44. The van der Waals surface area contributed by atoms with Crippen molar-refractivity contribution in [3.63, 3.8) is 0 Å². The van der Waals surface area contributed by atoms with E-state index in [-0.39, 0.29) is 5.75 Å². The normalized spacial score (nSPS) is 11.9. The van der Waals surface area contributed by atoms with Gasteiger partial charge in [0.05, 0.1) is 5.75 Å². The molecular formula is C17H18N2O2S2. The molecule has 0 radical (unpaired) electrons. The lowest BCUT2D eigenvalue weighted by Crippen LogP contribution is -2.17. The second kappa shape index (κ2) is 6.39. The van der Waals surface area contributed by atoms with E-state index in [9.17, 15) is 8.42 Å². The maximum atomic E-state index is 11.1. The summed E-state index contributed by atoms with van der Waals surface area (Å²) in [5.41, 5.74) is 2.11. The summed E-state index contributed by atoms with van der Waals surface area (Å²) in [5.74, 6) is -0.0352. The minimum absolute atomic E-state index is 0.0352. The van der Waals surface area contributed by atoms with Crippen LogP contribution in [0, 0.1) is 0 Å². The van der Waals surface area contributed by atoms with Crippen molar-refractivity contribution in [2.45, 2.75) is 16.2 Å². The summed E-state index contributed by atoms with van der Waals surface area (Å²) in [4.78, 5) is 2.33. The zero-order valence-electron chi connectivity index (χ0n) is 12.8. The Hall–Kier alpha value is -1.76. The van der Waals surface area contributed by atoms with E-state index in [0.717, 1.165) is 21.4 Å². The number of nitrogens with zero attached hydrogens (tertiary/aromatic N) is 1. The predicted molar refractivity (Wildman–Crippen MR) is 95.2 cm³/mol. The zero-order valence-corrected chi connectivity index (χ0v) is 14.4. The van der Waals surface area contributed by atoms with E-state index in [0.29, 0.717) is 6.42 Å². The number of fused-ring (bicyclic) bond motifs is 1. The van der Waals surface area contributed by atoms with Crippen LogP contribution in [0.25, 0.3) is 10.9 Å². The number of aryl methyl sites for hydroxylation is 2. The monoisotopic (exact) mass is 346 g/mol. The molecule has 3 aromatic rings. The number of primary sulfonamides is 1. The second-order valence-electron chi connectivity index (χ2n) is 5.49. The number of hydrogen-bond acceptors (Lipinski definition) is 3. The molecule has 0 atom stereocenters. The van der Waals surface area contributed by atoms with Crippen LogP contribution in [0.3, 0.4) is 0 Å². The highest BCUT2D eigenvalue weighted by Gasteiger charge is 2.10. The smallest absolute Gasteiger partial charge is 0.209 e. The average Bonchev–Trinajstić information content (AvgIpc) is 2.81. The van der Waals surface area contributed by atoms with Gasteiger partial charge in [0.15, 0.2) is 0 Å². The van der Waals surface area contributed by atoms with Gasteiger partial charge < -0.3 is 4.57 Å². The predicted octanol–water partition coefficient (Wildman–Crippen LogP) is 3.16. The van der Waals surface area contributed by atoms with Crippen molar-refractivity contribution in [3.05, 3.63) is 60.3 Å². The summed E-state index contributed by atoms with van der Waals surface area (Å²) in [6, 6.07) is 16.2. The SMILES string of the molecule is Cn1cc(Sc2ccccc2)c2cc(CCS(N)(=O)=O)ccc21. The molecule has 0 saturated heterocycles. The molecule has 0 fully saturated rings. The lowest BCUT2D eigenvalue weighted by Gasteiger charge is -2.03. The first-order valence-corrected chi connectivity index (χ1v) is 9.77. The van der Waals surface area contributed by atoms with E-state index in [2.05, 4.69) is 29.0 Å². The van der Waals surface area contributed by atoms with Crippen LogP contribution >= 0.6 is 11.8 Å². The highest BCUT2D eigenvalue weighted by Crippen LogP contribution is 2.35. The van der Waals surface area contributed by atoms with E-state index >= 15 is 0 Å². The molecular weight excluding hydrogens is 328 g/mol. The van der Waals surface area contributed by atoms with Gasteiger partial charge >= 0.3 is 0 Å². The van der Waals surface area contributed by atoms with Crippen LogP contribution < -0.4 is 5.14 Å². The van der Waals surface area contributed by atoms with Crippen molar-refractivity contribution in [3.8, 4) is 0 Å². The third kappa shape index (κ3) is 3.96. The fourth-order valence-corrected chi connectivity index (χ4v) is 4.07. The summed E-state index contributed by atoms with van der Waals surface area (Å²) in [7, 11) is -1.42. The number of hydrogen-bond donors (Lipinski definition) is 1. The lowest BCUT2D eigenvalue weighted by atomic mass is 10.1. The van der Waals surface area contributed by atoms with Gasteiger partial charge in [-0.25, -0.2) is 13.6 Å². The molecule has 1 aromatic heterocycles. The fourth-order valence-electron chi connectivity index (χ4n) is 2.52. The van der Waals surface area contributed by atoms with Crippen molar-refractivity contribution < 1.29 is 8.42 Å². The molecule has 23 heavy (non-hydrogen) atoms. The standard InChI is InChI=1S/C17H18N2O2S2/c1-19-12-17(22-14-5-3-2-4-6-14)15-11-13(7-8-16(15)19)9-10-23(18,20)21/h2-8,11-12H,9-10H2,1H3,(H2,18,20,21). The first kappa shape index (κ1) is 16.1. The van der Waals surface area contributed by atoms with E-state index in [1.807, 2.05) is 37.4 Å². The first-order chi connectivity index (χ1) is 10.9. The third-order valence-electron chi connectivity index (χ3n) is 3.66. The number of aromatic nitrogens is 1. The van der Waals surface area contributed by atoms with Gasteiger partial charge in [-0.2, -0.15) is 0 Å². The highest BCUT2D eigenvalue weighted by atomic mass is 32.2. The number of rotatable bonds is 5. The van der Waals surface area contributed by atoms with Crippen molar-refractivity contribution in [2.75, 3.05) is 5.75 Å². The van der Waals surface area contributed by atoms with Gasteiger partial charge in [0.25, 0.3) is 0 Å². The summed E-state index contributed by atoms with van der Waals surface area (Å²) in [6.45, 7) is 0. The molecule has 0 aliphatic heterocycles. The molecule has 120 valence electrons. The van der Waals surface area contributed by atoms with Crippen LogP contribution in [0.4, 0.5) is 0 Å². The van der Waals surface area contributed by atoms with Gasteiger partial charge in [-0.05, 0) is 36.2 Å². The van der Waals surface area contributed by atoms with Crippen molar-refractivity contribution in [2.24, 2.45) is 12.2 Å². The van der Waals surface area contributed by atoms with Gasteiger partial charge in [-0.15, -0.1) is 0 Å². The maximum absolute atomic E-state index is 11.1. The molecule has 0 aliphatic rings. The van der Waals surface area contributed by atoms with Crippen LogP contribution in [0.1, 0.15) is 5.56 Å². The molecule has 1 heterocycles. The summed E-state index contributed by atoms with van der Waals surface area (Å²) in [6.07, 6.45) is 2.53. The first-order valence-electron chi connectivity index (χ1n) is 7.24. The van der Waals surface area contributed by atoms with Crippen molar-refractivity contribution in [1.29, 1.82) is 0 Å². The summed E-state index contributed by atoms with van der Waals surface area (Å²) >= 11 is 1.71. The molecule has 0 saturated carbocycles. The number of benzene rings is 2. The van der Waals surface area contributed by atoms with Gasteiger partial charge in [0.1, 0.15) is 0 Å². The summed E-state index contributed by atoms with van der Waals surface area (Å²) in [5, 5.41) is 6.23. The highest BCUT2D eigenvalue weighted by molar-refractivity contribution is 7.99. The Labute approximate surface area is 140 Å². The molecule has 0 amide bonds. The molecule has 0 aliphatic carbocycles. The fraction of sp³-hybridized carbons (Fsp3) is 0.176. The molecule has 2 N–H and O–H groups in total.